The molecule has 3 rings (SSSR count). The number of benzene rings is 3. The Morgan fingerprint density at radius 3 is 2.15 bits per heavy atom. The fourth-order valence-electron chi connectivity index (χ4n) is 2.64. The van der Waals surface area contributed by atoms with Crippen molar-refractivity contribution < 1.29 is 9.90 Å². The van der Waals surface area contributed by atoms with Gasteiger partial charge >= 0.3 is 5.97 Å². The molecule has 4 heteroatoms. The number of hydrogen-bond acceptors (Lipinski definition) is 3. The van der Waals surface area contributed by atoms with Crippen LogP contribution in [0, 0.1) is 6.92 Å². The van der Waals surface area contributed by atoms with Crippen molar-refractivity contribution in [2.45, 2.75) is 6.92 Å². The van der Waals surface area contributed by atoms with Crippen molar-refractivity contribution in [2.24, 2.45) is 4.99 Å². The molecule has 4 nitrogen and oxygen atoms in total. The molecule has 0 saturated heterocycles. The van der Waals surface area contributed by atoms with E-state index in [-0.39, 0.29) is 5.56 Å². The maximum Gasteiger partial charge on any atom is 0.335 e. The van der Waals surface area contributed by atoms with E-state index < -0.39 is 5.97 Å². The van der Waals surface area contributed by atoms with E-state index in [1.807, 2.05) is 61.5 Å². The summed E-state index contributed by atoms with van der Waals surface area (Å²) in [6, 6.07) is 24.3. The first-order chi connectivity index (χ1) is 13.0. The molecule has 0 atom stereocenters. The Bertz CT molecular complexity index is 990. The normalized spacial score (nSPS) is 11.1. The largest absolute Gasteiger partial charge is 0.478 e. The number of nitrogens with zero attached hydrogens (tertiary/aromatic N) is 1. The number of carbonyl (C=O) groups is 1. The molecule has 0 bridgehead atoms. The van der Waals surface area contributed by atoms with Crippen LogP contribution < -0.4 is 5.32 Å². The zero-order valence-corrected chi connectivity index (χ0v) is 15.0. The molecule has 3 aromatic carbocycles. The maximum atomic E-state index is 11.0. The third-order valence-electron chi connectivity index (χ3n) is 4.11. The minimum absolute atomic E-state index is 0.239. The average Bonchev–Trinajstić information content (AvgIpc) is 2.68. The Hall–Kier alpha value is -3.66. The summed E-state index contributed by atoms with van der Waals surface area (Å²) in [6.07, 6.45) is 0. The number of carboxylic acid groups (broad SMARTS) is 1. The highest BCUT2D eigenvalue weighted by atomic mass is 16.4. The predicted molar refractivity (Wildman–Crippen MR) is 110 cm³/mol. The average molecular weight is 356 g/mol. The van der Waals surface area contributed by atoms with E-state index in [1.165, 1.54) is 0 Å². The predicted octanol–water partition coefficient (Wildman–Crippen LogP) is 5.44. The van der Waals surface area contributed by atoms with Crippen LogP contribution in [-0.4, -0.2) is 16.8 Å². The lowest BCUT2D eigenvalue weighted by Crippen LogP contribution is -2.12. The van der Waals surface area contributed by atoms with Crippen LogP contribution in [0.3, 0.4) is 0 Å². The Kier molecular flexibility index (Phi) is 5.47. The van der Waals surface area contributed by atoms with Gasteiger partial charge in [0, 0.05) is 11.3 Å². The van der Waals surface area contributed by atoms with E-state index >= 15 is 0 Å². The lowest BCUT2D eigenvalue weighted by Gasteiger charge is -2.14. The molecule has 134 valence electrons. The molecule has 0 amide bonds. The van der Waals surface area contributed by atoms with Gasteiger partial charge in [-0.05, 0) is 42.8 Å². The molecule has 0 aliphatic carbocycles. The Labute approximate surface area is 158 Å². The first-order valence-corrected chi connectivity index (χ1v) is 8.54. The van der Waals surface area contributed by atoms with Crippen LogP contribution in [0.4, 0.5) is 11.4 Å². The number of carboxylic acids is 1. The van der Waals surface area contributed by atoms with Gasteiger partial charge in [0.15, 0.2) is 0 Å². The number of nitrogens with one attached hydrogen (secondary N) is 1. The topological polar surface area (TPSA) is 61.7 Å². The number of para-hydroxylation sites is 1. The lowest BCUT2D eigenvalue weighted by atomic mass is 10.1. The molecular weight excluding hydrogens is 336 g/mol. The molecule has 0 fully saturated rings. The van der Waals surface area contributed by atoms with Crippen molar-refractivity contribution in [3.63, 3.8) is 0 Å². The number of aromatic carboxylic acids is 1. The van der Waals surface area contributed by atoms with Crippen molar-refractivity contribution in [3.8, 4) is 0 Å². The van der Waals surface area contributed by atoms with Gasteiger partial charge in [-0.25, -0.2) is 9.79 Å². The van der Waals surface area contributed by atoms with Gasteiger partial charge in [-0.15, -0.1) is 0 Å². The van der Waals surface area contributed by atoms with Crippen LogP contribution in [0.25, 0.3) is 0 Å². The monoisotopic (exact) mass is 356 g/mol. The van der Waals surface area contributed by atoms with Crippen LogP contribution in [0.2, 0.25) is 0 Å². The molecule has 0 aliphatic heterocycles. The van der Waals surface area contributed by atoms with Crippen molar-refractivity contribution in [2.75, 3.05) is 5.32 Å². The summed E-state index contributed by atoms with van der Waals surface area (Å²) in [6.45, 7) is 6.17. The fourth-order valence-corrected chi connectivity index (χ4v) is 2.64. The van der Waals surface area contributed by atoms with E-state index in [9.17, 15) is 4.79 Å². The molecule has 0 spiro atoms. The molecule has 0 radical (unpaired) electrons. The number of aliphatic imine (C=N–C) groups is 1. The van der Waals surface area contributed by atoms with E-state index in [0.717, 1.165) is 28.2 Å². The second kappa shape index (κ2) is 8.15. The molecule has 0 heterocycles. The zero-order valence-electron chi connectivity index (χ0n) is 15.0. The third kappa shape index (κ3) is 4.50. The number of aryl methyl sites for hydroxylation is 1. The van der Waals surface area contributed by atoms with E-state index in [4.69, 9.17) is 10.1 Å². The van der Waals surface area contributed by atoms with E-state index in [2.05, 4.69) is 11.9 Å². The Balaban J connectivity index is 1.94. The smallest absolute Gasteiger partial charge is 0.335 e. The summed E-state index contributed by atoms with van der Waals surface area (Å²) in [5.74, 6) is -0.952. The fraction of sp³-hybridized carbons (Fsp3) is 0.0435. The van der Waals surface area contributed by atoms with Gasteiger partial charge in [0.05, 0.1) is 22.7 Å². The van der Waals surface area contributed by atoms with Crippen molar-refractivity contribution >= 4 is 23.1 Å². The quantitative estimate of drug-likeness (QED) is 0.578. The number of rotatable bonds is 6. The Morgan fingerprint density at radius 2 is 1.52 bits per heavy atom. The highest BCUT2D eigenvalue weighted by Crippen LogP contribution is 2.22. The van der Waals surface area contributed by atoms with Crippen molar-refractivity contribution in [1.29, 1.82) is 0 Å². The standard InChI is InChI=1S/C23H20N2O2/c1-16-8-6-7-11-21(16)25-22(18-9-4-3-5-10-18)17(2)24-20-14-12-19(13-15-20)23(26)27/h3-15,24H,2H2,1H3,(H,26,27). The first-order valence-electron chi connectivity index (χ1n) is 8.54. The van der Waals surface area contributed by atoms with Gasteiger partial charge in [0.25, 0.3) is 0 Å². The van der Waals surface area contributed by atoms with Crippen LogP contribution in [0.5, 0.6) is 0 Å². The van der Waals surface area contributed by atoms with Crippen molar-refractivity contribution in [3.05, 3.63) is 108 Å². The molecule has 27 heavy (non-hydrogen) atoms. The van der Waals surface area contributed by atoms with E-state index in [1.54, 1.807) is 24.3 Å². The third-order valence-corrected chi connectivity index (χ3v) is 4.11. The molecule has 0 unspecified atom stereocenters. The van der Waals surface area contributed by atoms with Crippen molar-refractivity contribution in [1.82, 2.24) is 0 Å². The summed E-state index contributed by atoms with van der Waals surface area (Å²) in [5, 5.41) is 12.3. The summed E-state index contributed by atoms with van der Waals surface area (Å²) in [7, 11) is 0. The number of hydrogen-bond donors (Lipinski definition) is 2. The molecule has 0 aromatic heterocycles. The van der Waals surface area contributed by atoms with Gasteiger partial charge in [0.1, 0.15) is 0 Å². The van der Waals surface area contributed by atoms with Crippen LogP contribution in [0.15, 0.2) is 96.1 Å². The second-order valence-corrected chi connectivity index (χ2v) is 6.10. The van der Waals surface area contributed by atoms with Crippen LogP contribution >= 0.6 is 0 Å². The number of allylic oxidation sites excluding steroid dienone is 1. The molecule has 3 aromatic rings. The summed E-state index contributed by atoms with van der Waals surface area (Å²) in [5.41, 5.74) is 5.24. The highest BCUT2D eigenvalue weighted by Gasteiger charge is 2.10. The molecule has 0 aliphatic rings. The minimum atomic E-state index is -0.952. The van der Waals surface area contributed by atoms with Gasteiger partial charge < -0.3 is 10.4 Å². The number of anilines is 1. The summed E-state index contributed by atoms with van der Waals surface area (Å²) >= 11 is 0. The van der Waals surface area contributed by atoms with Crippen LogP contribution in [-0.2, 0) is 0 Å². The highest BCUT2D eigenvalue weighted by molar-refractivity contribution is 6.14. The van der Waals surface area contributed by atoms with Gasteiger partial charge in [-0.3, -0.25) is 0 Å². The molecule has 2 N–H and O–H groups in total. The summed E-state index contributed by atoms with van der Waals surface area (Å²) < 4.78 is 0. The van der Waals surface area contributed by atoms with E-state index in [0.29, 0.717) is 5.70 Å². The Morgan fingerprint density at radius 1 is 0.889 bits per heavy atom. The van der Waals surface area contributed by atoms with Gasteiger partial charge in [-0.2, -0.15) is 0 Å². The summed E-state index contributed by atoms with van der Waals surface area (Å²) in [4.78, 5) is 15.8. The molecule has 0 saturated carbocycles. The zero-order chi connectivity index (χ0) is 19.2. The van der Waals surface area contributed by atoms with Gasteiger partial charge in [0.2, 0.25) is 0 Å². The van der Waals surface area contributed by atoms with Crippen LogP contribution in [0.1, 0.15) is 21.5 Å². The molecular formula is C23H20N2O2. The maximum absolute atomic E-state index is 11.0. The lowest BCUT2D eigenvalue weighted by molar-refractivity contribution is 0.0697. The second-order valence-electron chi connectivity index (χ2n) is 6.10. The van der Waals surface area contributed by atoms with Gasteiger partial charge in [-0.1, -0.05) is 55.1 Å². The minimum Gasteiger partial charge on any atom is -0.478 e. The first kappa shape index (κ1) is 18.1. The SMILES string of the molecule is C=C(Nc1ccc(C(=O)O)cc1)C(=Nc1ccccc1C)c1ccccc1.